The molecule has 1 aromatic carbocycles. The van der Waals surface area contributed by atoms with Crippen LogP contribution in [0.1, 0.15) is 30.5 Å². The van der Waals surface area contributed by atoms with Gasteiger partial charge in [-0.05, 0) is 18.4 Å². The van der Waals surface area contributed by atoms with Crippen LogP contribution >= 0.6 is 0 Å². The number of methoxy groups -OCH3 is 1. The Kier molecular flexibility index (Phi) is 5.62. The molecule has 0 amide bonds. The summed E-state index contributed by atoms with van der Waals surface area (Å²) in [5.41, 5.74) is -0.0402. The summed E-state index contributed by atoms with van der Waals surface area (Å²) in [6, 6.07) is 9.24. The minimum absolute atomic E-state index is 0.143. The van der Waals surface area contributed by atoms with E-state index in [0.29, 0.717) is 32.7 Å². The van der Waals surface area contributed by atoms with Crippen LogP contribution < -0.4 is 16.7 Å². The summed E-state index contributed by atoms with van der Waals surface area (Å²) in [5.74, 6) is 0.143. The number of anilines is 1. The summed E-state index contributed by atoms with van der Waals surface area (Å²) in [6.07, 6.45) is 1.27. The topological polar surface area (TPSA) is 98.2 Å². The second-order valence-electron chi connectivity index (χ2n) is 5.95. The van der Waals surface area contributed by atoms with Crippen molar-refractivity contribution in [3.8, 4) is 0 Å². The second-order valence-corrected chi connectivity index (χ2v) is 5.95. The van der Waals surface area contributed by atoms with Gasteiger partial charge in [-0.1, -0.05) is 30.3 Å². The number of ether oxygens (including phenoxy) is 2. The monoisotopic (exact) mass is 346 g/mol. The van der Waals surface area contributed by atoms with E-state index in [9.17, 15) is 9.59 Å². The van der Waals surface area contributed by atoms with Crippen molar-refractivity contribution in [2.45, 2.75) is 24.9 Å². The molecule has 1 fully saturated rings. The lowest BCUT2D eigenvalue weighted by molar-refractivity contribution is 0.0670. The minimum atomic E-state index is -0.553. The number of hydrogen-bond acceptors (Lipinski definition) is 6. The second kappa shape index (κ2) is 8.09. The molecule has 134 valence electrons. The van der Waals surface area contributed by atoms with E-state index in [0.717, 1.165) is 5.56 Å². The zero-order valence-corrected chi connectivity index (χ0v) is 14.1. The van der Waals surface area contributed by atoms with E-state index in [2.05, 4.69) is 15.3 Å². The molecule has 8 nitrogen and oxygen atoms in total. The van der Waals surface area contributed by atoms with Crippen LogP contribution in [0.2, 0.25) is 0 Å². The van der Waals surface area contributed by atoms with E-state index < -0.39 is 11.4 Å². The van der Waals surface area contributed by atoms with Crippen molar-refractivity contribution in [3.05, 3.63) is 56.9 Å². The van der Waals surface area contributed by atoms with Gasteiger partial charge in [-0.3, -0.25) is 4.98 Å². The maximum atomic E-state index is 12.4. The molecule has 0 aliphatic carbocycles. The molecule has 1 atom stereocenters. The van der Waals surface area contributed by atoms with Gasteiger partial charge in [0.2, 0.25) is 5.95 Å². The number of nitrogens with zero attached hydrogens (tertiary/aromatic N) is 2. The fourth-order valence-corrected chi connectivity index (χ4v) is 3.00. The molecule has 0 unspecified atom stereocenters. The molecular formula is C17H22N4O4. The van der Waals surface area contributed by atoms with Crippen LogP contribution in [0, 0.1) is 0 Å². The first-order valence-corrected chi connectivity index (χ1v) is 8.30. The molecule has 25 heavy (non-hydrogen) atoms. The van der Waals surface area contributed by atoms with Gasteiger partial charge in [-0.2, -0.15) is 4.98 Å². The Labute approximate surface area is 144 Å². The van der Waals surface area contributed by atoms with Gasteiger partial charge in [0.05, 0.1) is 12.6 Å². The highest BCUT2D eigenvalue weighted by Crippen LogP contribution is 2.18. The molecule has 3 rings (SSSR count). The standard InChI is InChI=1S/C17H22N4O4/c1-24-11-14(12-5-3-2-4-6-12)18-15-19-16(22)21(17(23)20-15)13-7-9-25-10-8-13/h2-6,13-14H,7-11H2,1H3,(H2,18,19,20,22,23)/t14-/m0/s1. The fourth-order valence-electron chi connectivity index (χ4n) is 3.00. The van der Waals surface area contributed by atoms with Crippen molar-refractivity contribution in [1.82, 2.24) is 14.5 Å². The zero-order chi connectivity index (χ0) is 17.6. The normalized spacial score (nSPS) is 16.5. The van der Waals surface area contributed by atoms with Gasteiger partial charge in [-0.15, -0.1) is 0 Å². The van der Waals surface area contributed by atoms with Gasteiger partial charge in [0.25, 0.3) is 0 Å². The first-order valence-electron chi connectivity index (χ1n) is 8.30. The first kappa shape index (κ1) is 17.4. The van der Waals surface area contributed by atoms with Gasteiger partial charge >= 0.3 is 11.4 Å². The molecule has 1 saturated heterocycles. The Morgan fingerprint density at radius 1 is 1.32 bits per heavy atom. The summed E-state index contributed by atoms with van der Waals surface area (Å²) >= 11 is 0. The van der Waals surface area contributed by atoms with Crippen LogP contribution in [0.25, 0.3) is 0 Å². The van der Waals surface area contributed by atoms with Crippen molar-refractivity contribution in [1.29, 1.82) is 0 Å². The first-order chi connectivity index (χ1) is 12.2. The van der Waals surface area contributed by atoms with Gasteiger partial charge in [0, 0.05) is 26.4 Å². The predicted octanol–water partition coefficient (Wildman–Crippen LogP) is 1.08. The summed E-state index contributed by atoms with van der Waals surface area (Å²) in [6.45, 7) is 1.46. The van der Waals surface area contributed by atoms with Crippen molar-refractivity contribution in [3.63, 3.8) is 0 Å². The van der Waals surface area contributed by atoms with Crippen LogP contribution in [-0.4, -0.2) is 41.5 Å². The third-order valence-corrected chi connectivity index (χ3v) is 4.26. The van der Waals surface area contributed by atoms with E-state index >= 15 is 0 Å². The van der Waals surface area contributed by atoms with Crippen LogP contribution in [0.15, 0.2) is 39.9 Å². The predicted molar refractivity (Wildman–Crippen MR) is 92.9 cm³/mol. The van der Waals surface area contributed by atoms with E-state index in [-0.39, 0.29) is 18.0 Å². The number of aromatic nitrogens is 3. The summed E-state index contributed by atoms with van der Waals surface area (Å²) in [7, 11) is 1.59. The zero-order valence-electron chi connectivity index (χ0n) is 14.1. The maximum absolute atomic E-state index is 12.4. The third-order valence-electron chi connectivity index (χ3n) is 4.26. The molecule has 1 aliphatic rings. The van der Waals surface area contributed by atoms with Crippen molar-refractivity contribution >= 4 is 5.95 Å². The number of hydrogen-bond donors (Lipinski definition) is 2. The number of nitrogens with one attached hydrogen (secondary N) is 2. The maximum Gasteiger partial charge on any atom is 0.355 e. The average Bonchev–Trinajstić information content (AvgIpc) is 2.62. The molecule has 1 aliphatic heterocycles. The molecule has 1 aromatic heterocycles. The Hall–Kier alpha value is -2.45. The largest absolute Gasteiger partial charge is 0.382 e. The van der Waals surface area contributed by atoms with Gasteiger partial charge in [-0.25, -0.2) is 14.2 Å². The molecule has 0 radical (unpaired) electrons. The number of benzene rings is 1. The molecule has 0 bridgehead atoms. The van der Waals surface area contributed by atoms with Gasteiger partial charge in [0.1, 0.15) is 0 Å². The lowest BCUT2D eigenvalue weighted by Gasteiger charge is -2.23. The van der Waals surface area contributed by atoms with Gasteiger partial charge < -0.3 is 14.8 Å². The van der Waals surface area contributed by atoms with Crippen molar-refractivity contribution in [2.75, 3.05) is 32.2 Å². The Bertz CT molecular complexity index is 765. The van der Waals surface area contributed by atoms with Crippen LogP contribution in [0.4, 0.5) is 5.95 Å². The summed E-state index contributed by atoms with van der Waals surface area (Å²) in [5, 5.41) is 3.08. The minimum Gasteiger partial charge on any atom is -0.382 e. The Morgan fingerprint density at radius 2 is 2.04 bits per heavy atom. The van der Waals surface area contributed by atoms with E-state index in [1.807, 2.05) is 30.3 Å². The highest BCUT2D eigenvalue weighted by atomic mass is 16.5. The summed E-state index contributed by atoms with van der Waals surface area (Å²) in [4.78, 5) is 31.4. The molecule has 2 aromatic rings. The molecule has 8 heteroatoms. The van der Waals surface area contributed by atoms with E-state index in [1.165, 1.54) is 4.57 Å². The molecule has 0 saturated carbocycles. The lowest BCUT2D eigenvalue weighted by Crippen LogP contribution is -2.42. The van der Waals surface area contributed by atoms with Crippen LogP contribution in [-0.2, 0) is 9.47 Å². The SMILES string of the molecule is COC[C@H](Nc1nc(=O)n(C2CCOCC2)c(=O)[nH]1)c1ccccc1. The number of rotatable bonds is 6. The fraction of sp³-hybridized carbons (Fsp3) is 0.471. The van der Waals surface area contributed by atoms with Crippen LogP contribution in [0.5, 0.6) is 0 Å². The summed E-state index contributed by atoms with van der Waals surface area (Å²) < 4.78 is 11.7. The highest BCUT2D eigenvalue weighted by Gasteiger charge is 2.21. The lowest BCUT2D eigenvalue weighted by atomic mass is 10.1. The van der Waals surface area contributed by atoms with Crippen LogP contribution in [0.3, 0.4) is 0 Å². The molecule has 2 heterocycles. The van der Waals surface area contributed by atoms with E-state index in [1.54, 1.807) is 7.11 Å². The highest BCUT2D eigenvalue weighted by molar-refractivity contribution is 5.31. The van der Waals surface area contributed by atoms with Gasteiger partial charge in [0.15, 0.2) is 0 Å². The Morgan fingerprint density at radius 3 is 2.68 bits per heavy atom. The quantitative estimate of drug-likeness (QED) is 0.812. The average molecular weight is 346 g/mol. The molecule has 0 spiro atoms. The number of aromatic amines is 1. The smallest absolute Gasteiger partial charge is 0.355 e. The molecule has 2 N–H and O–H groups in total. The molecular weight excluding hydrogens is 324 g/mol. The Balaban J connectivity index is 1.85. The van der Waals surface area contributed by atoms with E-state index in [4.69, 9.17) is 9.47 Å². The number of H-pyrrole nitrogens is 1. The van der Waals surface area contributed by atoms with Crippen molar-refractivity contribution < 1.29 is 9.47 Å². The third kappa shape index (κ3) is 4.15. The van der Waals surface area contributed by atoms with Crippen molar-refractivity contribution in [2.24, 2.45) is 0 Å².